The highest BCUT2D eigenvalue weighted by Crippen LogP contribution is 2.17. The first-order valence-corrected chi connectivity index (χ1v) is 40.9. The van der Waals surface area contributed by atoms with E-state index in [-0.39, 0.29) is 38.6 Å². The SMILES string of the molecule is CC/C=C\C/C=C\C/C=C\C/C=C\C/C=C\C/C=C\C/C=C\C/C=C\C/C=C\CCCCCCCCCCCCCC(=O)OCC(COC(OCC[N+](C)(C)C)C(=O)O)OC(=O)CCCCCCCCCCCCC/C=C\C/C=C\C/C=C\C/C=C\C/C=C\C/C=C\C/C=C\C/C=C\C/C=C\CC. The summed E-state index contributed by atoms with van der Waals surface area (Å²) >= 11 is 0. The van der Waals surface area contributed by atoms with Crippen LogP contribution < -0.4 is 0 Å². The van der Waals surface area contributed by atoms with Gasteiger partial charge >= 0.3 is 17.9 Å². The smallest absolute Gasteiger partial charge is 0.361 e. The summed E-state index contributed by atoms with van der Waals surface area (Å²) < 4.78 is 23.0. The van der Waals surface area contributed by atoms with Crippen molar-refractivity contribution >= 4 is 17.9 Å². The standard InChI is InChI=1S/C94H149NO8/c1-6-8-10-12-14-16-18-20-22-24-26-28-30-32-34-36-38-40-42-44-46-48-50-52-54-56-58-60-62-64-66-68-70-72-74-76-78-80-82-84-91(96)101-88-90(89-102-94(93(98)99)100-87-86-95(3,4)5)103-92(97)85-83-81-79-77-75-73-71-69-67-65-63-61-59-57-55-53-51-49-47-45-43-41-39-37-35-33-31-29-27-25-23-21-19-17-15-13-11-9-7-2/h8-11,14-17,20-23,26-29,32-35,38-41,44-47,50-53,56-59,90,94H,6-7,12-13,18-19,24-25,30-31,36-37,42-43,48-49,54-55,60-89H2,1-5H3/p+1/b10-8-,11-9-,16-14-,17-15-,22-20-,23-21-,28-26-,29-27-,34-32-,35-33-,40-38-,41-39-,46-44-,47-45-,52-50-,53-51-,58-56-,59-57-. The number of aliphatic carboxylic acids is 1. The zero-order valence-electron chi connectivity index (χ0n) is 66.1. The van der Waals surface area contributed by atoms with Crippen molar-refractivity contribution < 1.29 is 42.9 Å². The molecule has 0 aromatic heterocycles. The van der Waals surface area contributed by atoms with Gasteiger partial charge in [0.05, 0.1) is 34.4 Å². The summed E-state index contributed by atoms with van der Waals surface area (Å²) in [5.74, 6) is -2.03. The number of allylic oxidation sites excluding steroid dienone is 36. The molecule has 103 heavy (non-hydrogen) atoms. The lowest BCUT2D eigenvalue weighted by atomic mass is 10.0. The van der Waals surface area contributed by atoms with Crippen molar-refractivity contribution in [3.05, 3.63) is 219 Å². The minimum Gasteiger partial charge on any atom is -0.477 e. The van der Waals surface area contributed by atoms with Crippen LogP contribution in [-0.4, -0.2) is 87.4 Å². The predicted molar refractivity (Wildman–Crippen MR) is 446 cm³/mol. The van der Waals surface area contributed by atoms with Crippen molar-refractivity contribution in [1.82, 2.24) is 0 Å². The molecule has 2 unspecified atom stereocenters. The summed E-state index contributed by atoms with van der Waals surface area (Å²) in [4.78, 5) is 37.8. The van der Waals surface area contributed by atoms with E-state index in [9.17, 15) is 19.5 Å². The van der Waals surface area contributed by atoms with Gasteiger partial charge in [0.15, 0.2) is 6.10 Å². The van der Waals surface area contributed by atoms with Gasteiger partial charge in [0.1, 0.15) is 13.2 Å². The number of carboxylic acid groups (broad SMARTS) is 1. The summed E-state index contributed by atoms with van der Waals surface area (Å²) in [6, 6.07) is 0. The molecule has 0 aliphatic rings. The number of unbranched alkanes of at least 4 members (excludes halogenated alkanes) is 22. The van der Waals surface area contributed by atoms with E-state index < -0.39 is 24.3 Å². The Hall–Kier alpha value is -6.39. The van der Waals surface area contributed by atoms with Gasteiger partial charge in [-0.2, -0.15) is 0 Å². The van der Waals surface area contributed by atoms with Crippen molar-refractivity contribution in [1.29, 1.82) is 0 Å². The highest BCUT2D eigenvalue weighted by atomic mass is 16.7. The molecule has 0 spiro atoms. The minimum absolute atomic E-state index is 0.177. The fourth-order valence-corrected chi connectivity index (χ4v) is 10.6. The average Bonchev–Trinajstić information content (AvgIpc) is 1.06. The van der Waals surface area contributed by atoms with Crippen molar-refractivity contribution in [2.45, 2.75) is 309 Å². The largest absolute Gasteiger partial charge is 0.477 e. The van der Waals surface area contributed by atoms with Gasteiger partial charge in [-0.25, -0.2) is 4.79 Å². The van der Waals surface area contributed by atoms with Gasteiger partial charge in [-0.15, -0.1) is 0 Å². The first-order valence-electron chi connectivity index (χ1n) is 40.9. The Labute approximate surface area is 632 Å². The molecular weight excluding hydrogens is 1270 g/mol. The molecule has 0 aliphatic carbocycles. The quantitative estimate of drug-likeness (QED) is 0.0211. The molecular formula is C94H150NO8+. The number of ether oxygens (including phenoxy) is 4. The van der Waals surface area contributed by atoms with Crippen LogP contribution in [-0.2, 0) is 33.3 Å². The first kappa shape index (κ1) is 96.6. The number of hydrogen-bond donors (Lipinski definition) is 1. The molecule has 578 valence electrons. The summed E-state index contributed by atoms with van der Waals surface area (Å²) in [6.45, 7) is 4.63. The molecule has 0 rings (SSSR count). The van der Waals surface area contributed by atoms with Crippen LogP contribution in [0.15, 0.2) is 219 Å². The van der Waals surface area contributed by atoms with Gasteiger partial charge in [-0.1, -0.05) is 348 Å². The number of rotatable bonds is 73. The Morgan fingerprint density at radius 3 is 0.777 bits per heavy atom. The third-order valence-corrected chi connectivity index (χ3v) is 16.7. The van der Waals surface area contributed by atoms with Crippen LogP contribution in [0.4, 0.5) is 0 Å². The lowest BCUT2D eigenvalue weighted by molar-refractivity contribution is -0.870. The lowest BCUT2D eigenvalue weighted by Crippen LogP contribution is -2.40. The van der Waals surface area contributed by atoms with E-state index in [1.165, 1.54) is 89.9 Å². The van der Waals surface area contributed by atoms with Crippen LogP contribution in [0.3, 0.4) is 0 Å². The van der Waals surface area contributed by atoms with Gasteiger partial charge in [0.25, 0.3) is 6.29 Å². The van der Waals surface area contributed by atoms with E-state index in [1.807, 2.05) is 21.1 Å². The van der Waals surface area contributed by atoms with E-state index in [1.54, 1.807) is 0 Å². The molecule has 9 nitrogen and oxygen atoms in total. The molecule has 0 saturated carbocycles. The van der Waals surface area contributed by atoms with Crippen LogP contribution in [0.1, 0.15) is 296 Å². The summed E-state index contributed by atoms with van der Waals surface area (Å²) in [7, 11) is 5.97. The fourth-order valence-electron chi connectivity index (χ4n) is 10.6. The van der Waals surface area contributed by atoms with Crippen molar-refractivity contribution in [3.8, 4) is 0 Å². The van der Waals surface area contributed by atoms with Crippen molar-refractivity contribution in [2.75, 3.05) is 47.5 Å². The highest BCUT2D eigenvalue weighted by Gasteiger charge is 2.25. The number of quaternary nitrogens is 1. The second kappa shape index (κ2) is 81.3. The fraction of sp³-hybridized carbons (Fsp3) is 0.585. The zero-order chi connectivity index (χ0) is 74.6. The van der Waals surface area contributed by atoms with Crippen molar-refractivity contribution in [2.24, 2.45) is 0 Å². The summed E-state index contributed by atoms with van der Waals surface area (Å²) in [5.41, 5.74) is 0. The number of carboxylic acids is 1. The number of nitrogens with zero attached hydrogens (tertiary/aromatic N) is 1. The number of carbonyl (C=O) groups is 3. The van der Waals surface area contributed by atoms with Gasteiger partial charge < -0.3 is 28.5 Å². The van der Waals surface area contributed by atoms with Crippen LogP contribution >= 0.6 is 0 Å². The van der Waals surface area contributed by atoms with E-state index in [2.05, 4.69) is 233 Å². The van der Waals surface area contributed by atoms with Gasteiger partial charge in [-0.05, 0) is 154 Å². The van der Waals surface area contributed by atoms with E-state index in [0.717, 1.165) is 173 Å². The zero-order valence-corrected chi connectivity index (χ0v) is 66.1. The summed E-state index contributed by atoms with van der Waals surface area (Å²) in [5, 5.41) is 9.78. The van der Waals surface area contributed by atoms with Crippen LogP contribution in [0.2, 0.25) is 0 Å². The van der Waals surface area contributed by atoms with Gasteiger partial charge in [0, 0.05) is 12.8 Å². The van der Waals surface area contributed by atoms with E-state index in [4.69, 9.17) is 18.9 Å². The maximum absolute atomic E-state index is 13.0. The van der Waals surface area contributed by atoms with E-state index >= 15 is 0 Å². The molecule has 2 atom stereocenters. The van der Waals surface area contributed by atoms with E-state index in [0.29, 0.717) is 17.4 Å². The molecule has 0 amide bonds. The molecule has 1 N–H and O–H groups in total. The number of hydrogen-bond acceptors (Lipinski definition) is 7. The van der Waals surface area contributed by atoms with Gasteiger partial charge in [-0.3, -0.25) is 9.59 Å². The second-order valence-corrected chi connectivity index (χ2v) is 27.6. The first-order chi connectivity index (χ1) is 50.6. The number of esters is 2. The Kier molecular flexibility index (Phi) is 76.2. The Morgan fingerprint density at radius 1 is 0.291 bits per heavy atom. The molecule has 0 aliphatic heterocycles. The highest BCUT2D eigenvalue weighted by molar-refractivity contribution is 5.71. The third-order valence-electron chi connectivity index (χ3n) is 16.7. The topological polar surface area (TPSA) is 108 Å². The second-order valence-electron chi connectivity index (χ2n) is 27.6. The molecule has 0 saturated heterocycles. The monoisotopic (exact) mass is 1420 g/mol. The summed E-state index contributed by atoms with van der Waals surface area (Å²) in [6.07, 6.45) is 125. The maximum atomic E-state index is 13.0. The molecule has 9 heteroatoms. The van der Waals surface area contributed by atoms with Crippen LogP contribution in [0, 0.1) is 0 Å². The molecule has 0 fully saturated rings. The number of carbonyl (C=O) groups excluding carboxylic acids is 2. The predicted octanol–water partition coefficient (Wildman–Crippen LogP) is 26.8. The molecule has 0 heterocycles. The Bertz CT molecular complexity index is 2510. The van der Waals surface area contributed by atoms with Crippen molar-refractivity contribution in [3.63, 3.8) is 0 Å². The third kappa shape index (κ3) is 82.8. The van der Waals surface area contributed by atoms with Crippen LogP contribution in [0.25, 0.3) is 0 Å². The Morgan fingerprint density at radius 2 is 0.524 bits per heavy atom. The normalized spacial score (nSPS) is 13.8. The van der Waals surface area contributed by atoms with Gasteiger partial charge in [0.2, 0.25) is 0 Å². The van der Waals surface area contributed by atoms with Crippen LogP contribution in [0.5, 0.6) is 0 Å². The average molecular weight is 1420 g/mol. The molecule has 0 aromatic rings. The molecule has 0 bridgehead atoms. The lowest BCUT2D eigenvalue weighted by Gasteiger charge is -2.25. The number of likely N-dealkylation sites (N-methyl/N-ethyl adjacent to an activating group) is 1. The Balaban J connectivity index is 4.13. The minimum atomic E-state index is -1.53. The molecule has 0 radical (unpaired) electrons. The molecule has 0 aromatic carbocycles. The maximum Gasteiger partial charge on any atom is 0.361 e.